The van der Waals surface area contributed by atoms with Crippen molar-refractivity contribution in [2.45, 2.75) is 6.61 Å². The van der Waals surface area contributed by atoms with E-state index >= 15 is 0 Å². The Kier molecular flexibility index (Phi) is 4.88. The standard InChI is InChI=1S/C14H11Cl2FN2O2/c15-9-3-1-4-10(16)8(9)7-21-12-6-2-5-11(17)13(12)14(18)19-20/h1-6,20H,7H2,(H2,18,19). The van der Waals surface area contributed by atoms with E-state index in [1.807, 2.05) is 0 Å². The molecule has 0 fully saturated rings. The van der Waals surface area contributed by atoms with E-state index in [2.05, 4.69) is 5.16 Å². The van der Waals surface area contributed by atoms with Crippen LogP contribution in [0.5, 0.6) is 5.75 Å². The minimum Gasteiger partial charge on any atom is -0.488 e. The number of oxime groups is 1. The van der Waals surface area contributed by atoms with Gasteiger partial charge in [0, 0.05) is 15.6 Å². The fourth-order valence-electron chi connectivity index (χ4n) is 1.74. The molecule has 0 bridgehead atoms. The Morgan fingerprint density at radius 1 is 1.19 bits per heavy atom. The van der Waals surface area contributed by atoms with E-state index in [1.165, 1.54) is 18.2 Å². The van der Waals surface area contributed by atoms with Crippen LogP contribution >= 0.6 is 23.2 Å². The van der Waals surface area contributed by atoms with Gasteiger partial charge in [0.2, 0.25) is 0 Å². The smallest absolute Gasteiger partial charge is 0.176 e. The summed E-state index contributed by atoms with van der Waals surface area (Å²) in [4.78, 5) is 0. The highest BCUT2D eigenvalue weighted by molar-refractivity contribution is 6.35. The van der Waals surface area contributed by atoms with E-state index < -0.39 is 5.82 Å². The monoisotopic (exact) mass is 328 g/mol. The largest absolute Gasteiger partial charge is 0.488 e. The second-order valence-corrected chi connectivity index (χ2v) is 4.90. The van der Waals surface area contributed by atoms with Gasteiger partial charge in [0.05, 0.1) is 5.56 Å². The van der Waals surface area contributed by atoms with Gasteiger partial charge >= 0.3 is 0 Å². The summed E-state index contributed by atoms with van der Waals surface area (Å²) in [5, 5.41) is 12.4. The molecule has 0 aromatic heterocycles. The minimum atomic E-state index is -0.659. The van der Waals surface area contributed by atoms with Crippen molar-refractivity contribution in [2.75, 3.05) is 0 Å². The summed E-state index contributed by atoms with van der Waals surface area (Å²) < 4.78 is 19.3. The molecule has 7 heteroatoms. The Morgan fingerprint density at radius 2 is 1.81 bits per heavy atom. The Balaban J connectivity index is 2.31. The van der Waals surface area contributed by atoms with Gasteiger partial charge in [-0.25, -0.2) is 4.39 Å². The van der Waals surface area contributed by atoms with Gasteiger partial charge in [-0.2, -0.15) is 0 Å². The normalized spacial score (nSPS) is 11.5. The SMILES string of the molecule is N/C(=N\O)c1c(F)cccc1OCc1c(Cl)cccc1Cl. The molecule has 2 aromatic rings. The summed E-state index contributed by atoms with van der Waals surface area (Å²) in [5.74, 6) is -0.914. The fraction of sp³-hybridized carbons (Fsp3) is 0.0714. The highest BCUT2D eigenvalue weighted by atomic mass is 35.5. The van der Waals surface area contributed by atoms with Crippen LogP contribution in [-0.2, 0) is 6.61 Å². The van der Waals surface area contributed by atoms with Crippen molar-refractivity contribution < 1.29 is 14.3 Å². The van der Waals surface area contributed by atoms with E-state index in [9.17, 15) is 4.39 Å². The van der Waals surface area contributed by atoms with E-state index in [1.54, 1.807) is 18.2 Å². The lowest BCUT2D eigenvalue weighted by molar-refractivity contribution is 0.301. The molecule has 0 heterocycles. The van der Waals surface area contributed by atoms with Crippen LogP contribution < -0.4 is 10.5 Å². The lowest BCUT2D eigenvalue weighted by Gasteiger charge is -2.13. The molecule has 2 rings (SSSR count). The van der Waals surface area contributed by atoms with E-state index in [4.69, 9.17) is 38.9 Å². The molecule has 0 amide bonds. The Bertz CT molecular complexity index is 672. The second-order valence-electron chi connectivity index (χ2n) is 4.09. The van der Waals surface area contributed by atoms with Gasteiger partial charge in [0.1, 0.15) is 18.2 Å². The van der Waals surface area contributed by atoms with Crippen molar-refractivity contribution in [3.05, 3.63) is 63.4 Å². The highest BCUT2D eigenvalue weighted by Crippen LogP contribution is 2.27. The van der Waals surface area contributed by atoms with Crippen LogP contribution in [0.2, 0.25) is 10.0 Å². The van der Waals surface area contributed by atoms with Crippen LogP contribution in [0.15, 0.2) is 41.6 Å². The molecule has 0 aliphatic rings. The molecule has 3 N–H and O–H groups in total. The molecule has 2 aromatic carbocycles. The lowest BCUT2D eigenvalue weighted by Crippen LogP contribution is -2.17. The number of rotatable bonds is 4. The molecular weight excluding hydrogens is 318 g/mol. The van der Waals surface area contributed by atoms with Crippen molar-refractivity contribution >= 4 is 29.0 Å². The summed E-state index contributed by atoms with van der Waals surface area (Å²) in [7, 11) is 0. The van der Waals surface area contributed by atoms with Crippen LogP contribution in [0.25, 0.3) is 0 Å². The average molecular weight is 329 g/mol. The predicted molar refractivity (Wildman–Crippen MR) is 79.7 cm³/mol. The van der Waals surface area contributed by atoms with E-state index in [0.717, 1.165) is 0 Å². The lowest BCUT2D eigenvalue weighted by atomic mass is 10.1. The zero-order valence-electron chi connectivity index (χ0n) is 10.7. The number of nitrogens with zero attached hydrogens (tertiary/aromatic N) is 1. The summed E-state index contributed by atoms with van der Waals surface area (Å²) in [6.45, 7) is 0.0215. The maximum absolute atomic E-state index is 13.8. The molecule has 0 aliphatic heterocycles. The molecule has 0 unspecified atom stereocenters. The maximum atomic E-state index is 13.8. The predicted octanol–water partition coefficient (Wildman–Crippen LogP) is 3.81. The summed E-state index contributed by atoms with van der Waals surface area (Å²) >= 11 is 12.1. The number of amidine groups is 1. The van der Waals surface area contributed by atoms with E-state index in [0.29, 0.717) is 15.6 Å². The zero-order chi connectivity index (χ0) is 15.4. The third kappa shape index (κ3) is 3.37. The van der Waals surface area contributed by atoms with Gasteiger partial charge in [-0.15, -0.1) is 0 Å². The van der Waals surface area contributed by atoms with Gasteiger partial charge < -0.3 is 15.7 Å². The van der Waals surface area contributed by atoms with Gasteiger partial charge in [-0.05, 0) is 24.3 Å². The highest BCUT2D eigenvalue weighted by Gasteiger charge is 2.15. The molecule has 21 heavy (non-hydrogen) atoms. The number of nitrogens with two attached hydrogens (primary N) is 1. The van der Waals surface area contributed by atoms with Crippen LogP contribution in [0.3, 0.4) is 0 Å². The first kappa shape index (κ1) is 15.4. The molecule has 0 aliphatic carbocycles. The van der Waals surface area contributed by atoms with Gasteiger partial charge in [-0.1, -0.05) is 40.5 Å². The van der Waals surface area contributed by atoms with Crippen molar-refractivity contribution in [1.82, 2.24) is 0 Å². The van der Waals surface area contributed by atoms with Crippen molar-refractivity contribution in [3.8, 4) is 5.75 Å². The average Bonchev–Trinajstić information content (AvgIpc) is 2.46. The maximum Gasteiger partial charge on any atom is 0.176 e. The molecular formula is C14H11Cl2FN2O2. The number of ether oxygens (including phenoxy) is 1. The molecule has 110 valence electrons. The molecule has 0 saturated carbocycles. The van der Waals surface area contributed by atoms with Crippen LogP contribution in [0, 0.1) is 5.82 Å². The van der Waals surface area contributed by atoms with Gasteiger partial charge in [0.25, 0.3) is 0 Å². The fourth-order valence-corrected chi connectivity index (χ4v) is 2.25. The summed E-state index contributed by atoms with van der Waals surface area (Å²) in [6, 6.07) is 9.18. The Labute approximate surface area is 130 Å². The molecule has 0 saturated heterocycles. The minimum absolute atomic E-state index is 0.0215. The van der Waals surface area contributed by atoms with Crippen LogP contribution in [0.1, 0.15) is 11.1 Å². The third-order valence-corrected chi connectivity index (χ3v) is 3.48. The summed E-state index contributed by atoms with van der Waals surface area (Å²) in [6.07, 6.45) is 0. The van der Waals surface area contributed by atoms with Gasteiger partial charge in [-0.3, -0.25) is 0 Å². The van der Waals surface area contributed by atoms with E-state index in [-0.39, 0.29) is 23.8 Å². The van der Waals surface area contributed by atoms with Crippen LogP contribution in [0.4, 0.5) is 4.39 Å². The van der Waals surface area contributed by atoms with Gasteiger partial charge in [0.15, 0.2) is 5.84 Å². The first-order valence-electron chi connectivity index (χ1n) is 5.86. The van der Waals surface area contributed by atoms with Crippen LogP contribution in [-0.4, -0.2) is 11.0 Å². The van der Waals surface area contributed by atoms with Crippen molar-refractivity contribution in [3.63, 3.8) is 0 Å². The quantitative estimate of drug-likeness (QED) is 0.388. The Hall–Kier alpha value is -1.98. The molecule has 0 radical (unpaired) electrons. The Morgan fingerprint density at radius 3 is 2.43 bits per heavy atom. The summed E-state index contributed by atoms with van der Waals surface area (Å²) in [5.41, 5.74) is 5.90. The first-order valence-corrected chi connectivity index (χ1v) is 6.62. The molecule has 0 atom stereocenters. The van der Waals surface area contributed by atoms with Crippen molar-refractivity contribution in [2.24, 2.45) is 10.9 Å². The second kappa shape index (κ2) is 6.65. The number of hydrogen-bond acceptors (Lipinski definition) is 3. The molecule has 0 spiro atoms. The zero-order valence-corrected chi connectivity index (χ0v) is 12.2. The topological polar surface area (TPSA) is 67.8 Å². The molecule has 4 nitrogen and oxygen atoms in total. The number of hydrogen-bond donors (Lipinski definition) is 2. The third-order valence-electron chi connectivity index (χ3n) is 2.77. The number of benzene rings is 2. The number of halogens is 3. The first-order chi connectivity index (χ1) is 10.0. The van der Waals surface area contributed by atoms with Crippen molar-refractivity contribution in [1.29, 1.82) is 0 Å².